The molecule has 1 heterocycles. The number of amides is 1. The Balaban J connectivity index is 1.96. The Morgan fingerprint density at radius 1 is 0.903 bits per heavy atom. The van der Waals surface area contributed by atoms with Crippen molar-refractivity contribution in [3.63, 3.8) is 0 Å². The fourth-order valence-corrected chi connectivity index (χ4v) is 3.86. The number of para-hydroxylation sites is 1. The van der Waals surface area contributed by atoms with E-state index >= 15 is 0 Å². The minimum atomic E-state index is -0.779. The number of methoxy groups -OCH3 is 1. The number of nitrogens with zero attached hydrogens (tertiary/aromatic N) is 1. The van der Waals surface area contributed by atoms with E-state index in [1.807, 2.05) is 38.1 Å². The van der Waals surface area contributed by atoms with Gasteiger partial charge >= 0.3 is 0 Å². The summed E-state index contributed by atoms with van der Waals surface area (Å²) in [5.41, 5.74) is 3.88. The van der Waals surface area contributed by atoms with Crippen LogP contribution >= 0.6 is 0 Å². The van der Waals surface area contributed by atoms with Crippen molar-refractivity contribution in [2.45, 2.75) is 19.9 Å². The second-order valence-corrected chi connectivity index (χ2v) is 7.58. The molecule has 1 unspecified atom stereocenters. The van der Waals surface area contributed by atoms with Gasteiger partial charge in [0.05, 0.1) is 18.7 Å². The zero-order chi connectivity index (χ0) is 22.1. The Morgan fingerprint density at radius 2 is 1.65 bits per heavy atom. The Labute approximate surface area is 181 Å². The van der Waals surface area contributed by atoms with Gasteiger partial charge in [0.25, 0.3) is 11.7 Å². The minimum Gasteiger partial charge on any atom is -0.507 e. The van der Waals surface area contributed by atoms with Gasteiger partial charge < -0.3 is 9.84 Å². The second kappa shape index (κ2) is 8.11. The third-order valence-corrected chi connectivity index (χ3v) is 5.67. The highest BCUT2D eigenvalue weighted by Crippen LogP contribution is 2.42. The predicted molar refractivity (Wildman–Crippen MR) is 120 cm³/mol. The Kier molecular flexibility index (Phi) is 5.34. The number of ether oxygens (including phenoxy) is 1. The summed E-state index contributed by atoms with van der Waals surface area (Å²) >= 11 is 0. The molecule has 1 atom stereocenters. The molecule has 0 radical (unpaired) electrons. The monoisotopic (exact) mass is 413 g/mol. The predicted octanol–water partition coefficient (Wildman–Crippen LogP) is 4.94. The van der Waals surface area contributed by atoms with Crippen LogP contribution in [-0.4, -0.2) is 23.9 Å². The van der Waals surface area contributed by atoms with E-state index in [-0.39, 0.29) is 11.3 Å². The normalized spacial score (nSPS) is 17.8. The maximum atomic E-state index is 13.2. The molecule has 31 heavy (non-hydrogen) atoms. The van der Waals surface area contributed by atoms with E-state index < -0.39 is 17.7 Å². The van der Waals surface area contributed by atoms with Crippen molar-refractivity contribution >= 4 is 23.1 Å². The molecule has 0 bridgehead atoms. The van der Waals surface area contributed by atoms with Gasteiger partial charge in [0, 0.05) is 11.3 Å². The van der Waals surface area contributed by atoms with Gasteiger partial charge in [0.1, 0.15) is 11.5 Å². The van der Waals surface area contributed by atoms with Crippen LogP contribution in [0.4, 0.5) is 5.69 Å². The summed E-state index contributed by atoms with van der Waals surface area (Å²) in [6.07, 6.45) is 0. The number of hydrogen-bond acceptors (Lipinski definition) is 4. The molecule has 1 saturated heterocycles. The number of carbonyl (C=O) groups is 2. The van der Waals surface area contributed by atoms with Gasteiger partial charge in [-0.15, -0.1) is 0 Å². The zero-order valence-corrected chi connectivity index (χ0v) is 17.6. The van der Waals surface area contributed by atoms with Crippen molar-refractivity contribution < 1.29 is 19.4 Å². The van der Waals surface area contributed by atoms with Crippen LogP contribution in [0.1, 0.15) is 28.3 Å². The van der Waals surface area contributed by atoms with Crippen molar-refractivity contribution in [2.24, 2.45) is 0 Å². The average Bonchev–Trinajstić information content (AvgIpc) is 3.06. The first-order chi connectivity index (χ1) is 14.9. The third-order valence-electron chi connectivity index (χ3n) is 5.67. The molecule has 1 aliphatic rings. The summed E-state index contributed by atoms with van der Waals surface area (Å²) < 4.78 is 5.35. The van der Waals surface area contributed by atoms with Gasteiger partial charge in [0.2, 0.25) is 0 Å². The molecule has 3 aromatic carbocycles. The summed E-state index contributed by atoms with van der Waals surface area (Å²) in [7, 11) is 1.56. The van der Waals surface area contributed by atoms with Crippen molar-refractivity contribution in [1.82, 2.24) is 0 Å². The van der Waals surface area contributed by atoms with Crippen LogP contribution in [-0.2, 0) is 9.59 Å². The minimum absolute atomic E-state index is 0.0605. The van der Waals surface area contributed by atoms with Gasteiger partial charge in [-0.05, 0) is 60.9 Å². The average molecular weight is 413 g/mol. The van der Waals surface area contributed by atoms with Crippen molar-refractivity contribution in [1.29, 1.82) is 0 Å². The summed E-state index contributed by atoms with van der Waals surface area (Å²) in [6.45, 7) is 3.91. The topological polar surface area (TPSA) is 66.8 Å². The molecule has 1 fully saturated rings. The lowest BCUT2D eigenvalue weighted by Gasteiger charge is -2.25. The number of carbonyl (C=O) groups excluding carboxylic acids is 2. The van der Waals surface area contributed by atoms with Crippen LogP contribution in [0.2, 0.25) is 0 Å². The van der Waals surface area contributed by atoms with E-state index in [1.165, 1.54) is 4.90 Å². The number of rotatable bonds is 4. The van der Waals surface area contributed by atoms with E-state index in [0.717, 1.165) is 11.1 Å². The smallest absolute Gasteiger partial charge is 0.300 e. The van der Waals surface area contributed by atoms with Gasteiger partial charge in [-0.2, -0.15) is 0 Å². The molecule has 3 aromatic rings. The lowest BCUT2D eigenvalue weighted by Crippen LogP contribution is -2.29. The van der Waals surface area contributed by atoms with E-state index in [4.69, 9.17) is 4.74 Å². The van der Waals surface area contributed by atoms with E-state index in [2.05, 4.69) is 0 Å². The largest absolute Gasteiger partial charge is 0.507 e. The molecule has 0 spiro atoms. The van der Waals surface area contributed by atoms with Crippen LogP contribution in [0.3, 0.4) is 0 Å². The second-order valence-electron chi connectivity index (χ2n) is 7.58. The lowest BCUT2D eigenvalue weighted by atomic mass is 9.94. The number of ketones is 1. The molecule has 5 nitrogen and oxygen atoms in total. The molecule has 1 N–H and O–H groups in total. The van der Waals surface area contributed by atoms with Gasteiger partial charge in [-0.1, -0.05) is 42.5 Å². The Morgan fingerprint density at radius 3 is 2.32 bits per heavy atom. The van der Waals surface area contributed by atoms with Gasteiger partial charge in [-0.25, -0.2) is 0 Å². The van der Waals surface area contributed by atoms with Gasteiger partial charge in [-0.3, -0.25) is 14.5 Å². The number of aliphatic hydroxyl groups is 1. The fraction of sp³-hybridized carbons (Fsp3) is 0.154. The number of benzene rings is 3. The van der Waals surface area contributed by atoms with Crippen LogP contribution in [0.25, 0.3) is 5.76 Å². The standard InChI is InChI=1S/C26H23NO4/c1-16-12-13-19(14-17(16)2)24(28)22-23(18-8-7-11-21(15-18)31-3)27(26(30)25(22)29)20-9-5-4-6-10-20/h4-15,23,28H,1-3H3/b24-22-. The lowest BCUT2D eigenvalue weighted by molar-refractivity contribution is -0.132. The molecule has 156 valence electrons. The first-order valence-electron chi connectivity index (χ1n) is 10.00. The van der Waals surface area contributed by atoms with Crippen molar-refractivity contribution in [3.05, 3.63) is 101 Å². The SMILES string of the molecule is COc1cccc(C2/C(=C(/O)c3ccc(C)c(C)c3)C(=O)C(=O)N2c2ccccc2)c1. The highest BCUT2D eigenvalue weighted by Gasteiger charge is 2.47. The maximum Gasteiger partial charge on any atom is 0.300 e. The van der Waals surface area contributed by atoms with Crippen LogP contribution < -0.4 is 9.64 Å². The molecule has 0 aromatic heterocycles. The summed E-state index contributed by atoms with van der Waals surface area (Å²) in [5.74, 6) is -0.980. The molecular formula is C26H23NO4. The highest BCUT2D eigenvalue weighted by atomic mass is 16.5. The van der Waals surface area contributed by atoms with Crippen LogP contribution in [0.5, 0.6) is 5.75 Å². The molecule has 0 aliphatic carbocycles. The third kappa shape index (κ3) is 3.59. The summed E-state index contributed by atoms with van der Waals surface area (Å²) in [5, 5.41) is 11.2. The van der Waals surface area contributed by atoms with Crippen LogP contribution in [0, 0.1) is 13.8 Å². The van der Waals surface area contributed by atoms with Crippen molar-refractivity contribution in [3.8, 4) is 5.75 Å². The molecule has 5 heteroatoms. The van der Waals surface area contributed by atoms with Gasteiger partial charge in [0.15, 0.2) is 0 Å². The molecule has 1 amide bonds. The number of aliphatic hydroxyl groups excluding tert-OH is 1. The van der Waals surface area contributed by atoms with E-state index in [0.29, 0.717) is 22.6 Å². The quantitative estimate of drug-likeness (QED) is 0.374. The number of Topliss-reactive ketones (excluding diaryl/α,β-unsaturated/α-hetero) is 1. The molecule has 1 aliphatic heterocycles. The zero-order valence-electron chi connectivity index (χ0n) is 17.6. The molecule has 0 saturated carbocycles. The van der Waals surface area contributed by atoms with E-state index in [1.54, 1.807) is 55.6 Å². The number of aryl methyl sites for hydroxylation is 2. The number of anilines is 1. The first-order valence-corrected chi connectivity index (χ1v) is 10.00. The Bertz CT molecular complexity index is 1200. The highest BCUT2D eigenvalue weighted by molar-refractivity contribution is 6.51. The Hall–Kier alpha value is -3.86. The maximum absolute atomic E-state index is 13.2. The molecule has 4 rings (SSSR count). The van der Waals surface area contributed by atoms with Crippen molar-refractivity contribution in [2.75, 3.05) is 12.0 Å². The summed E-state index contributed by atoms with van der Waals surface area (Å²) in [6, 6.07) is 20.9. The van der Waals surface area contributed by atoms with Crippen LogP contribution in [0.15, 0.2) is 78.4 Å². The first kappa shape index (κ1) is 20.4. The van der Waals surface area contributed by atoms with E-state index in [9.17, 15) is 14.7 Å². The summed E-state index contributed by atoms with van der Waals surface area (Å²) in [4.78, 5) is 27.7. The molecular weight excluding hydrogens is 390 g/mol. The number of hydrogen-bond donors (Lipinski definition) is 1. The fourth-order valence-electron chi connectivity index (χ4n) is 3.86.